The molecule has 1 aliphatic heterocycles. The Hall–Kier alpha value is -3.27. The van der Waals surface area contributed by atoms with Crippen LogP contribution < -0.4 is 14.8 Å². The SMILES string of the molecule is O=C(Cc1ccccc1)NC(CCc1ccccc1)c1ccc2c(c1)OCCO2. The monoisotopic (exact) mass is 387 g/mol. The van der Waals surface area contributed by atoms with Gasteiger partial charge in [-0.05, 0) is 41.7 Å². The molecule has 0 fully saturated rings. The van der Waals surface area contributed by atoms with Crippen molar-refractivity contribution in [3.05, 3.63) is 95.6 Å². The first kappa shape index (κ1) is 19.1. The van der Waals surface area contributed by atoms with Crippen molar-refractivity contribution >= 4 is 5.91 Å². The molecule has 0 aromatic heterocycles. The zero-order chi connectivity index (χ0) is 19.9. The molecule has 1 atom stereocenters. The van der Waals surface area contributed by atoms with Crippen LogP contribution in [0.25, 0.3) is 0 Å². The predicted octanol–water partition coefficient (Wildman–Crippen LogP) is 4.49. The van der Waals surface area contributed by atoms with Gasteiger partial charge in [0.05, 0.1) is 12.5 Å². The van der Waals surface area contributed by atoms with Crippen molar-refractivity contribution in [2.24, 2.45) is 0 Å². The standard InChI is InChI=1S/C25H25NO3/c27-25(17-20-9-5-2-6-10-20)26-22(13-11-19-7-3-1-4-8-19)21-12-14-23-24(18-21)29-16-15-28-23/h1-10,12,14,18,22H,11,13,15-17H2,(H,26,27). The summed E-state index contributed by atoms with van der Waals surface area (Å²) in [7, 11) is 0. The second-order valence-corrected chi connectivity index (χ2v) is 7.21. The molecule has 0 saturated heterocycles. The molecule has 148 valence electrons. The lowest BCUT2D eigenvalue weighted by molar-refractivity contribution is -0.121. The van der Waals surface area contributed by atoms with Crippen molar-refractivity contribution in [3.63, 3.8) is 0 Å². The van der Waals surface area contributed by atoms with Crippen molar-refractivity contribution in [2.75, 3.05) is 13.2 Å². The summed E-state index contributed by atoms with van der Waals surface area (Å²) in [6.45, 7) is 1.11. The largest absolute Gasteiger partial charge is 0.486 e. The Balaban J connectivity index is 1.51. The second-order valence-electron chi connectivity index (χ2n) is 7.21. The van der Waals surface area contributed by atoms with Crippen molar-refractivity contribution in [2.45, 2.75) is 25.3 Å². The van der Waals surface area contributed by atoms with E-state index in [2.05, 4.69) is 17.4 Å². The molecule has 0 spiro atoms. The van der Waals surface area contributed by atoms with E-state index in [9.17, 15) is 4.79 Å². The molecule has 1 amide bonds. The Labute approximate surface area is 171 Å². The van der Waals surface area contributed by atoms with E-state index in [1.807, 2.05) is 66.7 Å². The minimum atomic E-state index is -0.0951. The molecule has 0 saturated carbocycles. The van der Waals surface area contributed by atoms with Crippen molar-refractivity contribution in [1.82, 2.24) is 5.32 Å². The molecule has 29 heavy (non-hydrogen) atoms. The quantitative estimate of drug-likeness (QED) is 0.650. The summed E-state index contributed by atoms with van der Waals surface area (Å²) in [6.07, 6.45) is 2.06. The van der Waals surface area contributed by atoms with E-state index in [-0.39, 0.29) is 11.9 Å². The van der Waals surface area contributed by atoms with Gasteiger partial charge in [0, 0.05) is 0 Å². The van der Waals surface area contributed by atoms with E-state index in [0.717, 1.165) is 35.5 Å². The molecule has 3 aromatic carbocycles. The third-order valence-corrected chi connectivity index (χ3v) is 5.08. The molecule has 1 heterocycles. The molecular weight excluding hydrogens is 362 g/mol. The topological polar surface area (TPSA) is 47.6 Å². The zero-order valence-corrected chi connectivity index (χ0v) is 16.3. The summed E-state index contributed by atoms with van der Waals surface area (Å²) in [4.78, 5) is 12.7. The molecule has 3 aromatic rings. The first-order valence-electron chi connectivity index (χ1n) is 10.0. The Morgan fingerprint density at radius 3 is 2.21 bits per heavy atom. The van der Waals surface area contributed by atoms with Gasteiger partial charge < -0.3 is 14.8 Å². The fraction of sp³-hybridized carbons (Fsp3) is 0.240. The number of hydrogen-bond donors (Lipinski definition) is 1. The summed E-state index contributed by atoms with van der Waals surface area (Å²) >= 11 is 0. The lowest BCUT2D eigenvalue weighted by Gasteiger charge is -2.23. The molecule has 0 bridgehead atoms. The van der Waals surface area contributed by atoms with Crippen molar-refractivity contribution in [3.8, 4) is 11.5 Å². The van der Waals surface area contributed by atoms with E-state index < -0.39 is 0 Å². The molecule has 4 heteroatoms. The molecule has 4 nitrogen and oxygen atoms in total. The number of fused-ring (bicyclic) bond motifs is 1. The third kappa shape index (κ3) is 5.17. The van der Waals surface area contributed by atoms with Crippen LogP contribution in [0.4, 0.5) is 0 Å². The number of nitrogens with one attached hydrogen (secondary N) is 1. The summed E-state index contributed by atoms with van der Waals surface area (Å²) < 4.78 is 11.4. The first-order chi connectivity index (χ1) is 14.3. The number of amides is 1. The van der Waals surface area contributed by atoms with Crippen molar-refractivity contribution < 1.29 is 14.3 Å². The summed E-state index contributed by atoms with van der Waals surface area (Å²) in [6, 6.07) is 26.0. The normalized spacial score (nSPS) is 13.5. The van der Waals surface area contributed by atoms with Gasteiger partial charge in [-0.2, -0.15) is 0 Å². The third-order valence-electron chi connectivity index (χ3n) is 5.08. The zero-order valence-electron chi connectivity index (χ0n) is 16.3. The maximum absolute atomic E-state index is 12.7. The number of rotatable bonds is 7. The highest BCUT2D eigenvalue weighted by Gasteiger charge is 2.19. The van der Waals surface area contributed by atoms with Crippen LogP contribution in [0.15, 0.2) is 78.9 Å². The minimum absolute atomic E-state index is 0.0177. The first-order valence-corrected chi connectivity index (χ1v) is 10.0. The van der Waals surface area contributed by atoms with E-state index in [0.29, 0.717) is 19.6 Å². The maximum atomic E-state index is 12.7. The highest BCUT2D eigenvalue weighted by molar-refractivity contribution is 5.79. The van der Waals surface area contributed by atoms with Gasteiger partial charge in [-0.1, -0.05) is 66.7 Å². The molecule has 4 rings (SSSR count). The molecule has 0 radical (unpaired) electrons. The fourth-order valence-corrected chi connectivity index (χ4v) is 3.58. The van der Waals surface area contributed by atoms with Crippen LogP contribution in [0.2, 0.25) is 0 Å². The second kappa shape index (κ2) is 9.28. The van der Waals surface area contributed by atoms with Crippen LogP contribution in [0.5, 0.6) is 11.5 Å². The summed E-state index contributed by atoms with van der Waals surface area (Å²) in [5.41, 5.74) is 3.30. The number of hydrogen-bond acceptors (Lipinski definition) is 3. The van der Waals surface area contributed by atoms with E-state index in [1.165, 1.54) is 5.56 Å². The van der Waals surface area contributed by atoms with Gasteiger partial charge in [-0.3, -0.25) is 4.79 Å². The van der Waals surface area contributed by atoms with Gasteiger partial charge in [-0.25, -0.2) is 0 Å². The average Bonchev–Trinajstić information content (AvgIpc) is 2.77. The molecule has 1 aliphatic rings. The smallest absolute Gasteiger partial charge is 0.224 e. The Bertz CT molecular complexity index is 941. The van der Waals surface area contributed by atoms with Crippen LogP contribution in [-0.4, -0.2) is 19.1 Å². The van der Waals surface area contributed by atoms with Crippen LogP contribution in [0.3, 0.4) is 0 Å². The number of carbonyl (C=O) groups excluding carboxylic acids is 1. The number of aryl methyl sites for hydroxylation is 1. The van der Waals surface area contributed by atoms with Gasteiger partial charge in [0.2, 0.25) is 5.91 Å². The van der Waals surface area contributed by atoms with Gasteiger partial charge in [0.15, 0.2) is 11.5 Å². The number of benzene rings is 3. The van der Waals surface area contributed by atoms with Gasteiger partial charge >= 0.3 is 0 Å². The highest BCUT2D eigenvalue weighted by Crippen LogP contribution is 2.33. The summed E-state index contributed by atoms with van der Waals surface area (Å²) in [5, 5.41) is 3.22. The average molecular weight is 387 g/mol. The Morgan fingerprint density at radius 1 is 0.828 bits per heavy atom. The van der Waals surface area contributed by atoms with Crippen LogP contribution in [0.1, 0.15) is 29.2 Å². The number of carbonyl (C=O) groups is 1. The highest BCUT2D eigenvalue weighted by atomic mass is 16.6. The lowest BCUT2D eigenvalue weighted by atomic mass is 9.98. The molecule has 1 N–H and O–H groups in total. The van der Waals surface area contributed by atoms with Gasteiger partial charge in [-0.15, -0.1) is 0 Å². The lowest BCUT2D eigenvalue weighted by Crippen LogP contribution is -2.30. The molecule has 1 unspecified atom stereocenters. The van der Waals surface area contributed by atoms with Crippen LogP contribution >= 0.6 is 0 Å². The Kier molecular flexibility index (Phi) is 6.10. The van der Waals surface area contributed by atoms with Crippen LogP contribution in [0, 0.1) is 0 Å². The minimum Gasteiger partial charge on any atom is -0.486 e. The van der Waals surface area contributed by atoms with Crippen LogP contribution in [-0.2, 0) is 17.6 Å². The van der Waals surface area contributed by atoms with E-state index in [1.54, 1.807) is 0 Å². The van der Waals surface area contributed by atoms with Gasteiger partial charge in [0.1, 0.15) is 13.2 Å². The van der Waals surface area contributed by atoms with E-state index in [4.69, 9.17) is 9.47 Å². The van der Waals surface area contributed by atoms with E-state index >= 15 is 0 Å². The summed E-state index contributed by atoms with van der Waals surface area (Å²) in [5.74, 6) is 1.53. The predicted molar refractivity (Wildman–Crippen MR) is 113 cm³/mol. The Morgan fingerprint density at radius 2 is 1.48 bits per heavy atom. The fourth-order valence-electron chi connectivity index (χ4n) is 3.58. The molecular formula is C25H25NO3. The van der Waals surface area contributed by atoms with Gasteiger partial charge in [0.25, 0.3) is 0 Å². The van der Waals surface area contributed by atoms with Crippen molar-refractivity contribution in [1.29, 1.82) is 0 Å². The number of ether oxygens (including phenoxy) is 2. The molecule has 0 aliphatic carbocycles. The maximum Gasteiger partial charge on any atom is 0.224 e.